The van der Waals surface area contributed by atoms with E-state index in [2.05, 4.69) is 9.47 Å². The number of hydrogen-bond donors (Lipinski definition) is 1. The van der Waals surface area contributed by atoms with E-state index < -0.39 is 23.1 Å². The zero-order chi connectivity index (χ0) is 18.3. The summed E-state index contributed by atoms with van der Waals surface area (Å²) in [7, 11) is 2.69. The third-order valence-corrected chi connectivity index (χ3v) is 3.38. The number of carbonyl (C=O) groups is 4. The Morgan fingerprint density at radius 2 is 1.38 bits per heavy atom. The van der Waals surface area contributed by atoms with Crippen molar-refractivity contribution in [3.63, 3.8) is 0 Å². The molecule has 0 aromatic heterocycles. The molecule has 0 bridgehead atoms. The number of nitrogen functional groups attached to an aromatic ring is 1. The second-order valence-corrected chi connectivity index (χ2v) is 5.47. The van der Waals surface area contributed by atoms with E-state index in [9.17, 15) is 19.2 Å². The Morgan fingerprint density at radius 3 is 1.83 bits per heavy atom. The topological polar surface area (TPSA) is 113 Å². The largest absolute Gasteiger partial charge is 0.398 e. The molecule has 0 aliphatic rings. The van der Waals surface area contributed by atoms with Crippen LogP contribution in [-0.2, 0) is 19.1 Å². The molecule has 1 aromatic carbocycles. The Morgan fingerprint density at radius 1 is 0.917 bits per heavy atom. The standard InChI is InChI=1S/C16H18ClNO6/c1-23-7-9(19)3-15(21)11-6-14(18)12(5-13(11)17)16(22)4-10(20)8-24-2/h5-6H,3-4,7-8,18H2,1-2H3. The molecule has 0 aliphatic carbocycles. The maximum atomic E-state index is 12.1. The number of Topliss-reactive ketones (excluding diaryl/α,β-unsaturated/α-hetero) is 4. The molecule has 0 amide bonds. The molecule has 1 aromatic rings. The van der Waals surface area contributed by atoms with E-state index in [1.54, 1.807) is 0 Å². The van der Waals surface area contributed by atoms with Gasteiger partial charge < -0.3 is 15.2 Å². The van der Waals surface area contributed by atoms with E-state index in [4.69, 9.17) is 17.3 Å². The first-order chi connectivity index (χ1) is 11.3. The van der Waals surface area contributed by atoms with Crippen LogP contribution in [0, 0.1) is 0 Å². The van der Waals surface area contributed by atoms with Gasteiger partial charge in [0.2, 0.25) is 0 Å². The molecule has 0 saturated heterocycles. The molecule has 0 aliphatic heterocycles. The summed E-state index contributed by atoms with van der Waals surface area (Å²) in [5.41, 5.74) is 5.88. The molecule has 0 saturated carbocycles. The van der Waals surface area contributed by atoms with Crippen LogP contribution in [0.25, 0.3) is 0 Å². The van der Waals surface area contributed by atoms with Crippen LogP contribution in [0.15, 0.2) is 12.1 Å². The number of ketones is 4. The van der Waals surface area contributed by atoms with Crippen LogP contribution in [-0.4, -0.2) is 50.6 Å². The summed E-state index contributed by atoms with van der Waals surface area (Å²) in [5, 5.41) is -0.0121. The van der Waals surface area contributed by atoms with Crippen molar-refractivity contribution in [3.8, 4) is 0 Å². The summed E-state index contributed by atoms with van der Waals surface area (Å²) in [6.45, 7) is -0.366. The van der Waals surface area contributed by atoms with E-state index in [1.807, 2.05) is 0 Å². The molecule has 7 nitrogen and oxygen atoms in total. The lowest BCUT2D eigenvalue weighted by Gasteiger charge is -2.09. The molecule has 0 fully saturated rings. The van der Waals surface area contributed by atoms with E-state index in [1.165, 1.54) is 26.4 Å². The van der Waals surface area contributed by atoms with Crippen molar-refractivity contribution in [2.24, 2.45) is 0 Å². The fourth-order valence-corrected chi connectivity index (χ4v) is 2.29. The van der Waals surface area contributed by atoms with Crippen LogP contribution >= 0.6 is 11.6 Å². The average Bonchev–Trinajstić information content (AvgIpc) is 2.49. The molecular formula is C16H18ClNO6. The lowest BCUT2D eigenvalue weighted by molar-refractivity contribution is -0.122. The number of hydrogen-bond acceptors (Lipinski definition) is 7. The van der Waals surface area contributed by atoms with Crippen LogP contribution in [0.1, 0.15) is 33.6 Å². The Labute approximate surface area is 144 Å². The molecule has 0 heterocycles. The van der Waals surface area contributed by atoms with Crippen molar-refractivity contribution in [2.75, 3.05) is 33.2 Å². The third kappa shape index (κ3) is 5.52. The zero-order valence-corrected chi connectivity index (χ0v) is 14.1. The highest BCUT2D eigenvalue weighted by molar-refractivity contribution is 6.35. The summed E-state index contributed by atoms with van der Waals surface area (Å²) in [6, 6.07) is 2.46. The monoisotopic (exact) mass is 355 g/mol. The van der Waals surface area contributed by atoms with Crippen molar-refractivity contribution >= 4 is 40.4 Å². The zero-order valence-electron chi connectivity index (χ0n) is 13.4. The molecule has 2 N–H and O–H groups in total. The van der Waals surface area contributed by atoms with E-state index in [-0.39, 0.29) is 47.9 Å². The van der Waals surface area contributed by atoms with Gasteiger partial charge in [-0.05, 0) is 12.1 Å². The summed E-state index contributed by atoms with van der Waals surface area (Å²) in [4.78, 5) is 47.1. The fourth-order valence-electron chi connectivity index (χ4n) is 2.02. The van der Waals surface area contributed by atoms with Crippen LogP contribution in [0.4, 0.5) is 5.69 Å². The van der Waals surface area contributed by atoms with Gasteiger partial charge in [0.25, 0.3) is 0 Å². The molecule has 130 valence electrons. The van der Waals surface area contributed by atoms with Crippen molar-refractivity contribution in [1.82, 2.24) is 0 Å². The van der Waals surface area contributed by atoms with Gasteiger partial charge in [0.05, 0.1) is 17.9 Å². The second-order valence-electron chi connectivity index (χ2n) is 5.06. The number of ether oxygens (including phenoxy) is 2. The number of anilines is 1. The molecule has 0 atom stereocenters. The van der Waals surface area contributed by atoms with Crippen molar-refractivity contribution in [2.45, 2.75) is 12.8 Å². The first kappa shape index (κ1) is 20.0. The van der Waals surface area contributed by atoms with Gasteiger partial charge in [-0.3, -0.25) is 19.2 Å². The SMILES string of the molecule is COCC(=O)CC(=O)c1cc(Cl)c(C(=O)CC(=O)COC)cc1N. The number of methoxy groups -OCH3 is 2. The molecule has 24 heavy (non-hydrogen) atoms. The minimum atomic E-state index is -0.525. The molecule has 0 spiro atoms. The highest BCUT2D eigenvalue weighted by atomic mass is 35.5. The van der Waals surface area contributed by atoms with Gasteiger partial charge in [-0.25, -0.2) is 0 Å². The van der Waals surface area contributed by atoms with Crippen LogP contribution in [0.5, 0.6) is 0 Å². The van der Waals surface area contributed by atoms with Gasteiger partial charge in [-0.1, -0.05) is 11.6 Å². The van der Waals surface area contributed by atoms with Crippen molar-refractivity contribution in [3.05, 3.63) is 28.3 Å². The lowest BCUT2D eigenvalue weighted by Crippen LogP contribution is -2.16. The molecule has 1 rings (SSSR count). The Hall–Kier alpha value is -2.09. The first-order valence-electron chi connectivity index (χ1n) is 6.96. The van der Waals surface area contributed by atoms with Crippen molar-refractivity contribution in [1.29, 1.82) is 0 Å². The van der Waals surface area contributed by atoms with Crippen LogP contribution in [0.3, 0.4) is 0 Å². The smallest absolute Gasteiger partial charge is 0.172 e. The van der Waals surface area contributed by atoms with Crippen LogP contribution in [0.2, 0.25) is 5.02 Å². The molecular weight excluding hydrogens is 338 g/mol. The van der Waals surface area contributed by atoms with Gasteiger partial charge in [-0.2, -0.15) is 0 Å². The van der Waals surface area contributed by atoms with E-state index in [0.29, 0.717) is 0 Å². The van der Waals surface area contributed by atoms with Gasteiger partial charge in [0, 0.05) is 31.0 Å². The molecule has 0 radical (unpaired) electrons. The van der Waals surface area contributed by atoms with Gasteiger partial charge >= 0.3 is 0 Å². The fraction of sp³-hybridized carbons (Fsp3) is 0.375. The highest BCUT2D eigenvalue weighted by Gasteiger charge is 2.20. The van der Waals surface area contributed by atoms with Crippen molar-refractivity contribution < 1.29 is 28.7 Å². The Balaban J connectivity index is 2.97. The molecule has 8 heteroatoms. The Bertz CT molecular complexity index is 613. The van der Waals surface area contributed by atoms with Gasteiger partial charge in [-0.15, -0.1) is 0 Å². The number of halogens is 1. The quantitative estimate of drug-likeness (QED) is 0.384. The summed E-state index contributed by atoms with van der Waals surface area (Å²) in [6.07, 6.45) is -0.763. The predicted molar refractivity (Wildman–Crippen MR) is 87.5 cm³/mol. The van der Waals surface area contributed by atoms with E-state index >= 15 is 0 Å². The first-order valence-corrected chi connectivity index (χ1v) is 7.34. The summed E-state index contributed by atoms with van der Waals surface area (Å²) >= 11 is 6.02. The predicted octanol–water partition coefficient (Wildman–Crippen LogP) is 1.50. The maximum absolute atomic E-state index is 12.1. The number of benzene rings is 1. The lowest BCUT2D eigenvalue weighted by atomic mass is 9.99. The Kier molecular flexibility index (Phi) is 7.70. The normalized spacial score (nSPS) is 10.5. The molecule has 0 unspecified atom stereocenters. The number of rotatable bonds is 10. The third-order valence-electron chi connectivity index (χ3n) is 3.07. The minimum Gasteiger partial charge on any atom is -0.398 e. The second kappa shape index (κ2) is 9.27. The van der Waals surface area contributed by atoms with Gasteiger partial charge in [0.15, 0.2) is 23.1 Å². The number of nitrogens with two attached hydrogens (primary N) is 1. The minimum absolute atomic E-state index is 0.0113. The van der Waals surface area contributed by atoms with E-state index in [0.717, 1.165) is 0 Å². The summed E-state index contributed by atoms with van der Waals surface area (Å²) < 4.78 is 9.31. The van der Waals surface area contributed by atoms with Gasteiger partial charge in [0.1, 0.15) is 13.2 Å². The number of carbonyl (C=O) groups excluding carboxylic acids is 4. The van der Waals surface area contributed by atoms with Crippen LogP contribution < -0.4 is 5.73 Å². The maximum Gasteiger partial charge on any atom is 0.172 e. The highest BCUT2D eigenvalue weighted by Crippen LogP contribution is 2.26. The average molecular weight is 356 g/mol. The summed E-state index contributed by atoms with van der Waals surface area (Å²) in [5.74, 6) is -1.85.